The second-order valence-electron chi connectivity index (χ2n) is 5.95. The van der Waals surface area contributed by atoms with E-state index in [0.717, 1.165) is 11.1 Å². The molecule has 0 fully saturated rings. The highest BCUT2D eigenvalue weighted by molar-refractivity contribution is 5.86. The lowest BCUT2D eigenvalue weighted by Crippen LogP contribution is -2.38. The van der Waals surface area contributed by atoms with Crippen LogP contribution in [0, 0.1) is 0 Å². The van der Waals surface area contributed by atoms with E-state index in [1.165, 1.54) is 0 Å². The van der Waals surface area contributed by atoms with Gasteiger partial charge in [-0.1, -0.05) is 48.5 Å². The van der Waals surface area contributed by atoms with Gasteiger partial charge in [-0.3, -0.25) is 9.59 Å². The molecule has 7 heteroatoms. The zero-order chi connectivity index (χ0) is 20.2. The van der Waals surface area contributed by atoms with Crippen LogP contribution in [0.25, 0.3) is 0 Å². The minimum absolute atomic E-state index is 0.159. The summed E-state index contributed by atoms with van der Waals surface area (Å²) in [6, 6.07) is 17.4. The Morgan fingerprint density at radius 1 is 0.857 bits per heavy atom. The van der Waals surface area contributed by atoms with E-state index in [1.807, 2.05) is 48.5 Å². The van der Waals surface area contributed by atoms with Gasteiger partial charge in [0.15, 0.2) is 13.2 Å². The maximum Gasteiger partial charge on any atom is 0.344 e. The molecular weight excluding hydrogens is 360 g/mol. The van der Waals surface area contributed by atoms with Gasteiger partial charge in [0.05, 0.1) is 6.54 Å². The van der Waals surface area contributed by atoms with Crippen LogP contribution in [0.1, 0.15) is 18.1 Å². The summed E-state index contributed by atoms with van der Waals surface area (Å²) >= 11 is 0. The number of rotatable bonds is 10. The molecule has 0 bridgehead atoms. The van der Waals surface area contributed by atoms with Crippen molar-refractivity contribution in [2.24, 2.45) is 0 Å². The van der Waals surface area contributed by atoms with E-state index in [-0.39, 0.29) is 19.1 Å². The molecule has 2 N–H and O–H groups in total. The number of para-hydroxylation sites is 1. The monoisotopic (exact) mass is 384 g/mol. The minimum atomic E-state index is -0.664. The number of esters is 1. The van der Waals surface area contributed by atoms with Crippen molar-refractivity contribution in [1.29, 1.82) is 0 Å². The van der Waals surface area contributed by atoms with Crippen LogP contribution in [-0.4, -0.2) is 44.1 Å². The average Bonchev–Trinajstić information content (AvgIpc) is 2.71. The fraction of sp³-hybridized carbons (Fsp3) is 0.286. The number of ether oxygens (including phenoxy) is 2. The lowest BCUT2D eigenvalue weighted by atomic mass is 10.0. The summed E-state index contributed by atoms with van der Waals surface area (Å²) in [5, 5.41) is 4.91. The van der Waals surface area contributed by atoms with E-state index in [0.29, 0.717) is 18.7 Å². The summed E-state index contributed by atoms with van der Waals surface area (Å²) in [5.41, 5.74) is 2.08. The Hall–Kier alpha value is -3.35. The van der Waals surface area contributed by atoms with Gasteiger partial charge in [0.2, 0.25) is 5.91 Å². The molecule has 0 saturated carbocycles. The van der Waals surface area contributed by atoms with Crippen molar-refractivity contribution in [2.45, 2.75) is 13.3 Å². The van der Waals surface area contributed by atoms with Crippen LogP contribution >= 0.6 is 0 Å². The van der Waals surface area contributed by atoms with Crippen molar-refractivity contribution in [1.82, 2.24) is 10.6 Å². The highest BCUT2D eigenvalue weighted by Crippen LogP contribution is 2.21. The molecule has 2 amide bonds. The zero-order valence-electron chi connectivity index (χ0n) is 15.8. The lowest BCUT2D eigenvalue weighted by molar-refractivity contribution is -0.150. The molecule has 28 heavy (non-hydrogen) atoms. The van der Waals surface area contributed by atoms with Gasteiger partial charge in [-0.25, -0.2) is 4.79 Å². The van der Waals surface area contributed by atoms with Gasteiger partial charge in [0.1, 0.15) is 5.75 Å². The van der Waals surface area contributed by atoms with Crippen molar-refractivity contribution >= 4 is 17.8 Å². The molecule has 0 aliphatic heterocycles. The molecule has 0 saturated heterocycles. The molecule has 0 heterocycles. The molecule has 2 rings (SSSR count). The molecule has 0 unspecified atom stereocenters. The maximum atomic E-state index is 11.8. The molecule has 0 spiro atoms. The largest absolute Gasteiger partial charge is 0.482 e. The van der Waals surface area contributed by atoms with E-state index in [9.17, 15) is 14.4 Å². The van der Waals surface area contributed by atoms with Crippen LogP contribution < -0.4 is 15.4 Å². The second-order valence-corrected chi connectivity index (χ2v) is 5.95. The first-order valence-electron chi connectivity index (χ1n) is 9.02. The van der Waals surface area contributed by atoms with Gasteiger partial charge in [0.25, 0.3) is 5.91 Å². The number of nitrogens with one attached hydrogen (secondary N) is 2. The van der Waals surface area contributed by atoms with Gasteiger partial charge in [-0.15, -0.1) is 0 Å². The molecule has 0 aromatic heterocycles. The standard InChI is InChI=1S/C21H24N2O5/c1-2-22-19(24)13-23-20(25)14-28-21(26)15-27-18-11-7-6-10-17(18)12-16-8-4-3-5-9-16/h3-11H,2,12-15H2,1H3,(H,22,24)(H,23,25). The number of benzene rings is 2. The lowest BCUT2D eigenvalue weighted by Gasteiger charge is -2.11. The van der Waals surface area contributed by atoms with Crippen LogP contribution in [-0.2, 0) is 25.5 Å². The first-order valence-corrected chi connectivity index (χ1v) is 9.02. The fourth-order valence-electron chi connectivity index (χ4n) is 2.42. The Kier molecular flexibility index (Phi) is 8.52. The zero-order valence-corrected chi connectivity index (χ0v) is 15.8. The number of carbonyl (C=O) groups excluding carboxylic acids is 3. The van der Waals surface area contributed by atoms with Crippen LogP contribution in [0.4, 0.5) is 0 Å². The Labute approximate surface area is 164 Å². The summed E-state index contributed by atoms with van der Waals surface area (Å²) in [7, 11) is 0. The van der Waals surface area contributed by atoms with Gasteiger partial charge < -0.3 is 20.1 Å². The predicted molar refractivity (Wildman–Crippen MR) is 104 cm³/mol. The van der Waals surface area contributed by atoms with Crippen molar-refractivity contribution in [2.75, 3.05) is 26.3 Å². The summed E-state index contributed by atoms with van der Waals surface area (Å²) in [6.07, 6.45) is 0.675. The molecule has 7 nitrogen and oxygen atoms in total. The highest BCUT2D eigenvalue weighted by atomic mass is 16.6. The Morgan fingerprint density at radius 2 is 1.57 bits per heavy atom. The van der Waals surface area contributed by atoms with E-state index < -0.39 is 18.5 Å². The molecule has 0 atom stereocenters. The molecule has 0 radical (unpaired) electrons. The van der Waals surface area contributed by atoms with Gasteiger partial charge in [-0.2, -0.15) is 0 Å². The molecule has 2 aromatic carbocycles. The topological polar surface area (TPSA) is 93.7 Å². The summed E-state index contributed by atoms with van der Waals surface area (Å²) in [4.78, 5) is 34.7. The molecule has 148 valence electrons. The van der Waals surface area contributed by atoms with Crippen molar-refractivity contribution in [3.8, 4) is 5.75 Å². The quantitative estimate of drug-likeness (QED) is 0.605. The summed E-state index contributed by atoms with van der Waals surface area (Å²) in [6.45, 7) is 1.32. The second kappa shape index (κ2) is 11.4. The molecule has 0 aliphatic rings. The Bertz CT molecular complexity index is 792. The number of amides is 2. The smallest absolute Gasteiger partial charge is 0.344 e. The number of hydrogen-bond donors (Lipinski definition) is 2. The third-order valence-corrected chi connectivity index (χ3v) is 3.74. The van der Waals surface area contributed by atoms with Gasteiger partial charge in [-0.05, 0) is 24.1 Å². The predicted octanol–water partition coefficient (Wildman–Crippen LogP) is 1.45. The Morgan fingerprint density at radius 3 is 2.32 bits per heavy atom. The number of carbonyl (C=O) groups is 3. The first-order chi connectivity index (χ1) is 13.6. The van der Waals surface area contributed by atoms with E-state index in [1.54, 1.807) is 13.0 Å². The minimum Gasteiger partial charge on any atom is -0.482 e. The van der Waals surface area contributed by atoms with Crippen molar-refractivity contribution in [3.63, 3.8) is 0 Å². The van der Waals surface area contributed by atoms with Crippen LogP contribution in [0.5, 0.6) is 5.75 Å². The number of hydrogen-bond acceptors (Lipinski definition) is 5. The third kappa shape index (κ3) is 7.49. The Balaban J connectivity index is 1.77. The van der Waals surface area contributed by atoms with Crippen LogP contribution in [0.3, 0.4) is 0 Å². The summed E-state index contributed by atoms with van der Waals surface area (Å²) in [5.74, 6) is -0.934. The van der Waals surface area contributed by atoms with E-state index >= 15 is 0 Å². The van der Waals surface area contributed by atoms with Gasteiger partial charge >= 0.3 is 5.97 Å². The first kappa shape index (κ1) is 21.0. The maximum absolute atomic E-state index is 11.8. The van der Waals surface area contributed by atoms with Crippen molar-refractivity contribution in [3.05, 3.63) is 65.7 Å². The average molecular weight is 384 g/mol. The van der Waals surface area contributed by atoms with Crippen molar-refractivity contribution < 1.29 is 23.9 Å². The summed E-state index contributed by atoms with van der Waals surface area (Å²) < 4.78 is 10.4. The normalized spacial score (nSPS) is 10.0. The SMILES string of the molecule is CCNC(=O)CNC(=O)COC(=O)COc1ccccc1Cc1ccccc1. The van der Waals surface area contributed by atoms with E-state index in [4.69, 9.17) is 9.47 Å². The van der Waals surface area contributed by atoms with Gasteiger partial charge in [0, 0.05) is 13.0 Å². The van der Waals surface area contributed by atoms with Crippen LogP contribution in [0.15, 0.2) is 54.6 Å². The third-order valence-electron chi connectivity index (χ3n) is 3.74. The van der Waals surface area contributed by atoms with E-state index in [2.05, 4.69) is 10.6 Å². The van der Waals surface area contributed by atoms with Crippen LogP contribution in [0.2, 0.25) is 0 Å². The fourth-order valence-corrected chi connectivity index (χ4v) is 2.42. The molecule has 2 aromatic rings. The number of likely N-dealkylation sites (N-methyl/N-ethyl adjacent to an activating group) is 1. The highest BCUT2D eigenvalue weighted by Gasteiger charge is 2.11. The molecular formula is C21H24N2O5. The molecule has 0 aliphatic carbocycles.